The topological polar surface area (TPSA) is 98.3 Å². The van der Waals surface area contributed by atoms with Crippen molar-refractivity contribution in [1.29, 1.82) is 0 Å². The number of nitrogens with two attached hydrogens (primary N) is 1. The van der Waals surface area contributed by atoms with Crippen LogP contribution in [-0.2, 0) is 4.79 Å². The number of anilines is 1. The summed E-state index contributed by atoms with van der Waals surface area (Å²) in [6.07, 6.45) is 2.46. The minimum absolute atomic E-state index is 0.0191. The van der Waals surface area contributed by atoms with E-state index in [1.54, 1.807) is 13.0 Å². The zero-order chi connectivity index (χ0) is 15.8. The first-order valence-electron chi connectivity index (χ1n) is 6.77. The van der Waals surface area contributed by atoms with E-state index in [2.05, 4.69) is 21.2 Å². The third kappa shape index (κ3) is 2.94. The van der Waals surface area contributed by atoms with Gasteiger partial charge in [-0.25, -0.2) is 0 Å². The minimum atomic E-state index is -0.626. The van der Waals surface area contributed by atoms with Gasteiger partial charge >= 0.3 is 0 Å². The molecule has 6 nitrogen and oxygen atoms in total. The fraction of sp³-hybridized carbons (Fsp3) is 0.500. The molecule has 2 rings (SSSR count). The van der Waals surface area contributed by atoms with E-state index in [9.17, 15) is 14.9 Å². The summed E-state index contributed by atoms with van der Waals surface area (Å²) in [5, 5.41) is 13.8. The van der Waals surface area contributed by atoms with Crippen molar-refractivity contribution in [3.8, 4) is 0 Å². The Morgan fingerprint density at radius 3 is 2.76 bits per heavy atom. The zero-order valence-electron chi connectivity index (χ0n) is 12.0. The predicted octanol–water partition coefficient (Wildman–Crippen LogP) is 3.12. The molecule has 2 unspecified atom stereocenters. The first-order valence-corrected chi connectivity index (χ1v) is 7.56. The number of amides is 1. The molecule has 1 amide bonds. The van der Waals surface area contributed by atoms with Gasteiger partial charge in [-0.2, -0.15) is 0 Å². The van der Waals surface area contributed by atoms with Crippen molar-refractivity contribution < 1.29 is 9.72 Å². The Balaban J connectivity index is 2.29. The van der Waals surface area contributed by atoms with Crippen LogP contribution in [0.1, 0.15) is 31.7 Å². The second-order valence-electron chi connectivity index (χ2n) is 5.75. The number of halogens is 1. The molecule has 7 heteroatoms. The number of carbonyl (C=O) groups excluding carboxylic acids is 1. The standard InChI is InChI=1S/C14H18BrN3O3/c1-8-6-9(15)10(7-11(8)18(20)21)17-13(19)14(2)5-3-4-12(14)16/h6-7,12H,3-5,16H2,1-2H3,(H,17,19). The van der Waals surface area contributed by atoms with Gasteiger partial charge < -0.3 is 11.1 Å². The lowest BCUT2D eigenvalue weighted by molar-refractivity contribution is -0.385. The molecule has 0 radical (unpaired) electrons. The van der Waals surface area contributed by atoms with E-state index in [1.165, 1.54) is 6.07 Å². The van der Waals surface area contributed by atoms with Crippen molar-refractivity contribution in [1.82, 2.24) is 0 Å². The highest BCUT2D eigenvalue weighted by molar-refractivity contribution is 9.10. The van der Waals surface area contributed by atoms with Crippen LogP contribution in [-0.4, -0.2) is 16.9 Å². The van der Waals surface area contributed by atoms with Gasteiger partial charge in [0.15, 0.2) is 0 Å². The minimum Gasteiger partial charge on any atom is -0.327 e. The van der Waals surface area contributed by atoms with Crippen molar-refractivity contribution in [3.05, 3.63) is 32.3 Å². The summed E-state index contributed by atoms with van der Waals surface area (Å²) in [5.74, 6) is -0.189. The molecule has 1 aliphatic rings. The molecule has 1 saturated carbocycles. The molecule has 21 heavy (non-hydrogen) atoms. The Morgan fingerprint density at radius 2 is 2.24 bits per heavy atom. The summed E-state index contributed by atoms with van der Waals surface area (Å²) < 4.78 is 0.620. The summed E-state index contributed by atoms with van der Waals surface area (Å²) in [5.41, 5.74) is 6.32. The van der Waals surface area contributed by atoms with Gasteiger partial charge in [0.25, 0.3) is 5.69 Å². The lowest BCUT2D eigenvalue weighted by Crippen LogP contribution is -2.44. The van der Waals surface area contributed by atoms with Crippen molar-refractivity contribution in [2.75, 3.05) is 5.32 Å². The average molecular weight is 356 g/mol. The summed E-state index contributed by atoms with van der Waals surface area (Å²) in [4.78, 5) is 23.0. The van der Waals surface area contributed by atoms with Crippen LogP contribution in [0.15, 0.2) is 16.6 Å². The van der Waals surface area contributed by atoms with Crippen LogP contribution in [0, 0.1) is 22.5 Å². The highest BCUT2D eigenvalue weighted by atomic mass is 79.9. The van der Waals surface area contributed by atoms with E-state index in [1.807, 2.05) is 6.92 Å². The van der Waals surface area contributed by atoms with E-state index >= 15 is 0 Å². The van der Waals surface area contributed by atoms with Gasteiger partial charge in [-0.05, 0) is 48.7 Å². The molecule has 0 heterocycles. The lowest BCUT2D eigenvalue weighted by atomic mass is 9.84. The van der Waals surface area contributed by atoms with Crippen LogP contribution in [0.2, 0.25) is 0 Å². The maximum absolute atomic E-state index is 12.5. The molecule has 1 aromatic rings. The van der Waals surface area contributed by atoms with Crippen LogP contribution >= 0.6 is 15.9 Å². The Hall–Kier alpha value is -1.47. The predicted molar refractivity (Wildman–Crippen MR) is 84.1 cm³/mol. The number of hydrogen-bond acceptors (Lipinski definition) is 4. The number of nitro groups is 1. The molecule has 1 aliphatic carbocycles. The van der Waals surface area contributed by atoms with Crippen LogP contribution in [0.25, 0.3) is 0 Å². The molecular formula is C14H18BrN3O3. The maximum atomic E-state index is 12.5. The van der Waals surface area contributed by atoms with Gasteiger partial charge in [0.05, 0.1) is 16.0 Å². The summed E-state index contributed by atoms with van der Waals surface area (Å²) in [6, 6.07) is 2.82. The van der Waals surface area contributed by atoms with Crippen LogP contribution in [0.3, 0.4) is 0 Å². The lowest BCUT2D eigenvalue weighted by Gasteiger charge is -2.27. The third-order valence-electron chi connectivity index (χ3n) is 4.28. The molecule has 114 valence electrons. The molecule has 0 aliphatic heterocycles. The number of aryl methyl sites for hydroxylation is 1. The molecule has 2 atom stereocenters. The SMILES string of the molecule is Cc1cc(Br)c(NC(=O)C2(C)CCCC2N)cc1[N+](=O)[O-]. The fourth-order valence-corrected chi connectivity index (χ4v) is 3.25. The van der Waals surface area contributed by atoms with E-state index in [4.69, 9.17) is 5.73 Å². The number of hydrogen-bond donors (Lipinski definition) is 2. The molecule has 0 spiro atoms. The number of benzene rings is 1. The quantitative estimate of drug-likeness (QED) is 0.642. The van der Waals surface area contributed by atoms with E-state index in [-0.39, 0.29) is 17.6 Å². The Labute approximate surface area is 131 Å². The first kappa shape index (κ1) is 15.9. The Kier molecular flexibility index (Phi) is 4.34. The molecule has 1 fully saturated rings. The fourth-order valence-electron chi connectivity index (χ4n) is 2.69. The largest absolute Gasteiger partial charge is 0.327 e. The number of nitrogens with zero attached hydrogens (tertiary/aromatic N) is 1. The molecular weight excluding hydrogens is 338 g/mol. The Morgan fingerprint density at radius 1 is 1.57 bits per heavy atom. The zero-order valence-corrected chi connectivity index (χ0v) is 13.6. The molecule has 0 aromatic heterocycles. The number of nitro benzene ring substituents is 1. The maximum Gasteiger partial charge on any atom is 0.274 e. The molecule has 1 aromatic carbocycles. The van der Waals surface area contributed by atoms with Gasteiger partial charge in [-0.1, -0.05) is 6.42 Å². The highest BCUT2D eigenvalue weighted by Crippen LogP contribution is 2.39. The second kappa shape index (κ2) is 5.73. The van der Waals surface area contributed by atoms with Crippen LogP contribution < -0.4 is 11.1 Å². The highest BCUT2D eigenvalue weighted by Gasteiger charge is 2.43. The summed E-state index contributed by atoms with van der Waals surface area (Å²) in [7, 11) is 0. The van der Waals surface area contributed by atoms with Gasteiger partial charge in [0, 0.05) is 22.1 Å². The van der Waals surface area contributed by atoms with Gasteiger partial charge in [-0.15, -0.1) is 0 Å². The summed E-state index contributed by atoms with van der Waals surface area (Å²) >= 11 is 3.33. The van der Waals surface area contributed by atoms with Gasteiger partial charge in [0.2, 0.25) is 5.91 Å². The average Bonchev–Trinajstić information content (AvgIpc) is 2.73. The van der Waals surface area contributed by atoms with Crippen molar-refractivity contribution in [2.45, 2.75) is 39.2 Å². The van der Waals surface area contributed by atoms with Gasteiger partial charge in [-0.3, -0.25) is 14.9 Å². The van der Waals surface area contributed by atoms with E-state index in [0.29, 0.717) is 15.7 Å². The van der Waals surface area contributed by atoms with E-state index in [0.717, 1.165) is 19.3 Å². The number of carbonyl (C=O) groups is 1. The first-order chi connectivity index (χ1) is 9.75. The molecule has 3 N–H and O–H groups in total. The molecule has 0 bridgehead atoms. The van der Waals surface area contributed by atoms with Crippen molar-refractivity contribution in [3.63, 3.8) is 0 Å². The normalized spacial score (nSPS) is 24.9. The monoisotopic (exact) mass is 355 g/mol. The van der Waals surface area contributed by atoms with Crippen molar-refractivity contribution in [2.24, 2.45) is 11.1 Å². The Bertz CT molecular complexity index is 605. The number of nitrogens with one attached hydrogen (secondary N) is 1. The summed E-state index contributed by atoms with van der Waals surface area (Å²) in [6.45, 7) is 3.50. The molecule has 0 saturated heterocycles. The van der Waals surface area contributed by atoms with Crippen molar-refractivity contribution >= 4 is 33.2 Å². The second-order valence-corrected chi connectivity index (χ2v) is 6.60. The third-order valence-corrected chi connectivity index (χ3v) is 4.93. The van der Waals surface area contributed by atoms with Crippen LogP contribution in [0.4, 0.5) is 11.4 Å². The van der Waals surface area contributed by atoms with Gasteiger partial charge in [0.1, 0.15) is 0 Å². The number of rotatable bonds is 3. The smallest absolute Gasteiger partial charge is 0.274 e. The van der Waals surface area contributed by atoms with E-state index < -0.39 is 10.3 Å². The van der Waals surface area contributed by atoms with Crippen LogP contribution in [0.5, 0.6) is 0 Å².